The summed E-state index contributed by atoms with van der Waals surface area (Å²) >= 11 is 0. The lowest BCUT2D eigenvalue weighted by Gasteiger charge is -2.46. The number of hydrogen-bond acceptors (Lipinski definition) is 2. The van der Waals surface area contributed by atoms with Crippen molar-refractivity contribution < 1.29 is 0 Å². The molecular weight excluding hydrogens is 232 g/mol. The van der Waals surface area contributed by atoms with Crippen molar-refractivity contribution >= 4 is 0 Å². The van der Waals surface area contributed by atoms with Gasteiger partial charge in [-0.3, -0.25) is 0 Å². The van der Waals surface area contributed by atoms with E-state index >= 15 is 0 Å². The molecule has 19 heavy (non-hydrogen) atoms. The molecule has 0 aromatic rings. The van der Waals surface area contributed by atoms with Crippen LogP contribution in [0.1, 0.15) is 60.8 Å². The molecule has 0 bridgehead atoms. The standard InChI is InChI=1S/C15H30N2.C2H6/c1-12(2)17-10-7-15(14(4)11-17)16-8-5-13(3)6-9-16;1-2/h12-15H,5-11H2,1-4H3;1-2H3/t14-,15-;/m0./s1. The van der Waals surface area contributed by atoms with E-state index in [0.717, 1.165) is 23.9 Å². The fourth-order valence-electron chi connectivity index (χ4n) is 3.54. The van der Waals surface area contributed by atoms with E-state index in [1.807, 2.05) is 13.8 Å². The fourth-order valence-corrected chi connectivity index (χ4v) is 3.54. The van der Waals surface area contributed by atoms with E-state index in [2.05, 4.69) is 37.5 Å². The molecule has 2 heteroatoms. The number of piperidine rings is 2. The molecule has 2 aliphatic rings. The Morgan fingerprint density at radius 2 is 1.47 bits per heavy atom. The molecule has 0 saturated carbocycles. The molecule has 2 saturated heterocycles. The molecular formula is C17H36N2. The normalized spacial score (nSPS) is 31.1. The Morgan fingerprint density at radius 3 is 1.95 bits per heavy atom. The zero-order chi connectivity index (χ0) is 14.4. The summed E-state index contributed by atoms with van der Waals surface area (Å²) in [7, 11) is 0. The van der Waals surface area contributed by atoms with Crippen LogP contribution in [0.5, 0.6) is 0 Å². The first-order valence-corrected chi connectivity index (χ1v) is 8.56. The lowest BCUT2D eigenvalue weighted by atomic mass is 9.88. The van der Waals surface area contributed by atoms with E-state index < -0.39 is 0 Å². The third-order valence-electron chi connectivity index (χ3n) is 4.91. The van der Waals surface area contributed by atoms with Gasteiger partial charge < -0.3 is 9.80 Å². The molecule has 2 aliphatic heterocycles. The van der Waals surface area contributed by atoms with E-state index in [0.29, 0.717) is 0 Å². The smallest absolute Gasteiger partial charge is 0.0145 e. The van der Waals surface area contributed by atoms with Gasteiger partial charge in [0, 0.05) is 18.6 Å². The Balaban J connectivity index is 0.000000861. The van der Waals surface area contributed by atoms with E-state index in [4.69, 9.17) is 0 Å². The van der Waals surface area contributed by atoms with Gasteiger partial charge in [-0.1, -0.05) is 27.7 Å². The second-order valence-corrected chi connectivity index (χ2v) is 6.64. The van der Waals surface area contributed by atoms with Crippen LogP contribution in [0.2, 0.25) is 0 Å². The maximum Gasteiger partial charge on any atom is 0.0145 e. The van der Waals surface area contributed by atoms with E-state index in [1.54, 1.807) is 0 Å². The molecule has 0 unspecified atom stereocenters. The summed E-state index contributed by atoms with van der Waals surface area (Å²) in [5.74, 6) is 1.80. The Labute approximate surface area is 121 Å². The molecule has 2 fully saturated rings. The maximum absolute atomic E-state index is 2.78. The summed E-state index contributed by atoms with van der Waals surface area (Å²) in [5.41, 5.74) is 0. The lowest BCUT2D eigenvalue weighted by Crippen LogP contribution is -2.53. The van der Waals surface area contributed by atoms with Crippen molar-refractivity contribution in [2.45, 2.75) is 72.9 Å². The van der Waals surface area contributed by atoms with Gasteiger partial charge >= 0.3 is 0 Å². The second-order valence-electron chi connectivity index (χ2n) is 6.64. The molecule has 2 atom stereocenters. The minimum Gasteiger partial charge on any atom is -0.301 e. The average Bonchev–Trinajstić information content (AvgIpc) is 2.42. The van der Waals surface area contributed by atoms with Gasteiger partial charge in [-0.2, -0.15) is 0 Å². The Bertz CT molecular complexity index is 231. The van der Waals surface area contributed by atoms with Crippen LogP contribution in [0, 0.1) is 11.8 Å². The van der Waals surface area contributed by atoms with Crippen LogP contribution in [0.4, 0.5) is 0 Å². The van der Waals surface area contributed by atoms with Gasteiger partial charge in [-0.25, -0.2) is 0 Å². The maximum atomic E-state index is 2.78. The molecule has 2 nitrogen and oxygen atoms in total. The highest BCUT2D eigenvalue weighted by molar-refractivity contribution is 4.87. The first-order valence-electron chi connectivity index (χ1n) is 8.56. The second kappa shape index (κ2) is 8.26. The summed E-state index contributed by atoms with van der Waals surface area (Å²) < 4.78 is 0. The fraction of sp³-hybridized carbons (Fsp3) is 1.00. The van der Waals surface area contributed by atoms with Crippen molar-refractivity contribution in [3.05, 3.63) is 0 Å². The third-order valence-corrected chi connectivity index (χ3v) is 4.91. The van der Waals surface area contributed by atoms with E-state index in [-0.39, 0.29) is 0 Å². The van der Waals surface area contributed by atoms with Gasteiger partial charge in [0.15, 0.2) is 0 Å². The van der Waals surface area contributed by atoms with Crippen molar-refractivity contribution in [1.82, 2.24) is 9.80 Å². The zero-order valence-corrected chi connectivity index (χ0v) is 14.2. The van der Waals surface area contributed by atoms with Gasteiger partial charge in [0.05, 0.1) is 0 Å². The number of nitrogens with zero attached hydrogens (tertiary/aromatic N) is 2. The van der Waals surface area contributed by atoms with Crippen molar-refractivity contribution in [2.75, 3.05) is 26.2 Å². The molecule has 0 aromatic carbocycles. The van der Waals surface area contributed by atoms with Crippen molar-refractivity contribution in [2.24, 2.45) is 11.8 Å². The number of likely N-dealkylation sites (tertiary alicyclic amines) is 2. The van der Waals surface area contributed by atoms with Crippen LogP contribution < -0.4 is 0 Å². The number of rotatable bonds is 2. The number of hydrogen-bond donors (Lipinski definition) is 0. The van der Waals surface area contributed by atoms with Gasteiger partial charge in [0.25, 0.3) is 0 Å². The van der Waals surface area contributed by atoms with Gasteiger partial charge in [0.1, 0.15) is 0 Å². The molecule has 0 radical (unpaired) electrons. The van der Waals surface area contributed by atoms with Crippen molar-refractivity contribution in [1.29, 1.82) is 0 Å². The largest absolute Gasteiger partial charge is 0.301 e. The first kappa shape index (κ1) is 17.0. The van der Waals surface area contributed by atoms with E-state index in [1.165, 1.54) is 45.4 Å². The Hall–Kier alpha value is -0.0800. The first-order chi connectivity index (χ1) is 9.08. The molecule has 2 rings (SSSR count). The van der Waals surface area contributed by atoms with Crippen LogP contribution in [-0.2, 0) is 0 Å². The summed E-state index contributed by atoms with van der Waals surface area (Å²) in [6.45, 7) is 18.8. The minimum absolute atomic E-state index is 0.722. The van der Waals surface area contributed by atoms with Gasteiger partial charge in [-0.05, 0) is 64.6 Å². The quantitative estimate of drug-likeness (QED) is 0.750. The molecule has 0 N–H and O–H groups in total. The highest BCUT2D eigenvalue weighted by atomic mass is 15.2. The summed E-state index contributed by atoms with van der Waals surface area (Å²) in [4.78, 5) is 5.43. The molecule has 0 aliphatic carbocycles. The van der Waals surface area contributed by atoms with Crippen LogP contribution in [0.3, 0.4) is 0 Å². The summed E-state index contributed by atoms with van der Waals surface area (Å²) in [5, 5.41) is 0. The van der Waals surface area contributed by atoms with Crippen LogP contribution >= 0.6 is 0 Å². The monoisotopic (exact) mass is 268 g/mol. The molecule has 0 aromatic heterocycles. The van der Waals surface area contributed by atoms with Crippen LogP contribution in [-0.4, -0.2) is 48.1 Å². The molecule has 2 heterocycles. The average molecular weight is 268 g/mol. The molecule has 0 spiro atoms. The Morgan fingerprint density at radius 1 is 0.895 bits per heavy atom. The summed E-state index contributed by atoms with van der Waals surface area (Å²) in [6.07, 6.45) is 4.21. The third kappa shape index (κ3) is 4.75. The minimum atomic E-state index is 0.722. The van der Waals surface area contributed by atoms with Crippen molar-refractivity contribution in [3.8, 4) is 0 Å². The van der Waals surface area contributed by atoms with Crippen molar-refractivity contribution in [3.63, 3.8) is 0 Å². The predicted octanol–water partition coefficient (Wildman–Crippen LogP) is 3.86. The van der Waals surface area contributed by atoms with E-state index in [9.17, 15) is 0 Å². The SMILES string of the molecule is CC.CC1CCN([C@H]2CCN(C(C)C)C[C@@H]2C)CC1. The lowest BCUT2D eigenvalue weighted by molar-refractivity contribution is 0.0326. The topological polar surface area (TPSA) is 6.48 Å². The predicted molar refractivity (Wildman–Crippen MR) is 85.6 cm³/mol. The zero-order valence-electron chi connectivity index (χ0n) is 14.2. The van der Waals surface area contributed by atoms with Crippen LogP contribution in [0.15, 0.2) is 0 Å². The van der Waals surface area contributed by atoms with Gasteiger partial charge in [0.2, 0.25) is 0 Å². The molecule has 0 amide bonds. The van der Waals surface area contributed by atoms with Gasteiger partial charge in [-0.15, -0.1) is 0 Å². The Kier molecular flexibility index (Phi) is 7.38. The summed E-state index contributed by atoms with van der Waals surface area (Å²) in [6, 6.07) is 1.58. The molecule has 114 valence electrons. The highest BCUT2D eigenvalue weighted by Crippen LogP contribution is 2.27. The highest BCUT2D eigenvalue weighted by Gasteiger charge is 2.32. The van der Waals surface area contributed by atoms with Crippen LogP contribution in [0.25, 0.3) is 0 Å².